The third-order valence-electron chi connectivity index (χ3n) is 5.49. The second-order valence-corrected chi connectivity index (χ2v) is 8.84. The molecule has 1 amide bonds. The van der Waals surface area contributed by atoms with E-state index in [0.717, 1.165) is 47.4 Å². The van der Waals surface area contributed by atoms with E-state index < -0.39 is 0 Å². The topological polar surface area (TPSA) is 58.0 Å². The SMILES string of the molecule is COc1ccc(C(c2cc(C)sc2NC(=O)c2ccco2)N2CCN(C)CC2)cc1. The monoisotopic (exact) mass is 425 g/mol. The molecule has 0 saturated carbocycles. The molecular weight excluding hydrogens is 398 g/mol. The highest BCUT2D eigenvalue weighted by atomic mass is 32.1. The van der Waals surface area contributed by atoms with E-state index in [-0.39, 0.29) is 11.9 Å². The van der Waals surface area contributed by atoms with E-state index in [0.29, 0.717) is 5.76 Å². The molecule has 3 heterocycles. The summed E-state index contributed by atoms with van der Waals surface area (Å²) in [4.78, 5) is 18.7. The van der Waals surface area contributed by atoms with Crippen molar-refractivity contribution in [3.63, 3.8) is 0 Å². The fourth-order valence-electron chi connectivity index (χ4n) is 3.86. The first-order valence-electron chi connectivity index (χ1n) is 10.1. The van der Waals surface area contributed by atoms with E-state index in [2.05, 4.69) is 47.3 Å². The molecule has 0 aliphatic carbocycles. The van der Waals surface area contributed by atoms with Gasteiger partial charge in [-0.2, -0.15) is 0 Å². The number of carbonyl (C=O) groups is 1. The summed E-state index contributed by atoms with van der Waals surface area (Å²) in [6, 6.07) is 13.9. The number of hydrogen-bond acceptors (Lipinski definition) is 6. The van der Waals surface area contributed by atoms with E-state index in [4.69, 9.17) is 9.15 Å². The maximum atomic E-state index is 12.7. The van der Waals surface area contributed by atoms with Crippen LogP contribution in [0.25, 0.3) is 0 Å². The zero-order chi connectivity index (χ0) is 21.1. The summed E-state index contributed by atoms with van der Waals surface area (Å²) < 4.78 is 10.6. The van der Waals surface area contributed by atoms with Crippen LogP contribution < -0.4 is 10.1 Å². The molecule has 30 heavy (non-hydrogen) atoms. The van der Waals surface area contributed by atoms with E-state index in [1.54, 1.807) is 30.6 Å². The Labute approximate surface area is 181 Å². The summed E-state index contributed by atoms with van der Waals surface area (Å²) in [7, 11) is 3.83. The van der Waals surface area contributed by atoms with Crippen molar-refractivity contribution in [3.8, 4) is 5.75 Å². The quantitative estimate of drug-likeness (QED) is 0.640. The van der Waals surface area contributed by atoms with Gasteiger partial charge in [-0.25, -0.2) is 0 Å². The Morgan fingerprint density at radius 1 is 1.17 bits per heavy atom. The average molecular weight is 426 g/mol. The molecule has 1 atom stereocenters. The second kappa shape index (κ2) is 9.04. The van der Waals surface area contributed by atoms with Gasteiger partial charge in [-0.1, -0.05) is 12.1 Å². The molecule has 7 heteroatoms. The van der Waals surface area contributed by atoms with Crippen LogP contribution in [-0.4, -0.2) is 56.0 Å². The third kappa shape index (κ3) is 4.43. The predicted octanol–water partition coefficient (Wildman–Crippen LogP) is 4.25. The number of nitrogens with zero attached hydrogens (tertiary/aromatic N) is 2. The zero-order valence-corrected chi connectivity index (χ0v) is 18.4. The molecule has 158 valence electrons. The summed E-state index contributed by atoms with van der Waals surface area (Å²) in [5, 5.41) is 3.95. The molecule has 1 aromatic carbocycles. The summed E-state index contributed by atoms with van der Waals surface area (Å²) in [5.74, 6) is 0.922. The number of furan rings is 1. The van der Waals surface area contributed by atoms with E-state index in [9.17, 15) is 4.79 Å². The lowest BCUT2D eigenvalue weighted by molar-refractivity contribution is 0.0996. The summed E-state index contributed by atoms with van der Waals surface area (Å²) in [6.45, 7) is 6.04. The number of ether oxygens (including phenoxy) is 1. The molecule has 1 saturated heterocycles. The number of hydrogen-bond donors (Lipinski definition) is 1. The fraction of sp³-hybridized carbons (Fsp3) is 0.348. The molecule has 1 N–H and O–H groups in total. The number of anilines is 1. The van der Waals surface area contributed by atoms with Crippen LogP contribution in [-0.2, 0) is 0 Å². The smallest absolute Gasteiger partial charge is 0.291 e. The zero-order valence-electron chi connectivity index (χ0n) is 17.6. The van der Waals surface area contributed by atoms with Crippen molar-refractivity contribution in [1.29, 1.82) is 0 Å². The van der Waals surface area contributed by atoms with Gasteiger partial charge in [-0.05, 0) is 49.9 Å². The number of methoxy groups -OCH3 is 1. The van der Waals surface area contributed by atoms with Gasteiger partial charge in [0.1, 0.15) is 10.8 Å². The fourth-order valence-corrected chi connectivity index (χ4v) is 4.80. The first-order valence-corrected chi connectivity index (χ1v) is 10.9. The molecule has 4 rings (SSSR count). The summed E-state index contributed by atoms with van der Waals surface area (Å²) in [6.07, 6.45) is 1.51. The van der Waals surface area contributed by atoms with Gasteiger partial charge in [0, 0.05) is 36.6 Å². The Kier molecular flexibility index (Phi) is 6.22. The van der Waals surface area contributed by atoms with Crippen molar-refractivity contribution in [2.45, 2.75) is 13.0 Å². The Balaban J connectivity index is 1.70. The molecule has 1 unspecified atom stereocenters. The van der Waals surface area contributed by atoms with Gasteiger partial charge in [0.25, 0.3) is 5.91 Å². The van der Waals surface area contributed by atoms with Crippen molar-refractivity contribution in [3.05, 3.63) is 70.5 Å². The molecule has 3 aromatic rings. The maximum Gasteiger partial charge on any atom is 0.291 e. The predicted molar refractivity (Wildman–Crippen MR) is 120 cm³/mol. The van der Waals surface area contributed by atoms with Crippen molar-refractivity contribution in [1.82, 2.24) is 9.80 Å². The van der Waals surface area contributed by atoms with Crippen LogP contribution in [0.5, 0.6) is 5.75 Å². The number of aryl methyl sites for hydroxylation is 1. The Morgan fingerprint density at radius 3 is 2.53 bits per heavy atom. The highest BCUT2D eigenvalue weighted by Crippen LogP contribution is 2.40. The molecule has 1 aliphatic heterocycles. The number of benzene rings is 1. The highest BCUT2D eigenvalue weighted by molar-refractivity contribution is 7.16. The van der Waals surface area contributed by atoms with Crippen LogP contribution in [0.15, 0.2) is 53.1 Å². The molecule has 6 nitrogen and oxygen atoms in total. The number of likely N-dealkylation sites (N-methyl/N-ethyl adjacent to an activating group) is 1. The molecule has 1 fully saturated rings. The third-order valence-corrected chi connectivity index (χ3v) is 6.47. The van der Waals surface area contributed by atoms with Gasteiger partial charge >= 0.3 is 0 Å². The number of carbonyl (C=O) groups excluding carboxylic acids is 1. The van der Waals surface area contributed by atoms with Crippen LogP contribution in [0, 0.1) is 6.92 Å². The number of amides is 1. The standard InChI is InChI=1S/C23H27N3O3S/c1-16-15-19(23(30-16)24-22(27)20-5-4-14-29-20)21(26-12-10-25(2)11-13-26)17-6-8-18(28-3)9-7-17/h4-9,14-15,21H,10-13H2,1-3H3,(H,24,27). The molecule has 2 aromatic heterocycles. The summed E-state index contributed by atoms with van der Waals surface area (Å²) >= 11 is 1.60. The highest BCUT2D eigenvalue weighted by Gasteiger charge is 2.29. The largest absolute Gasteiger partial charge is 0.497 e. The Bertz CT molecular complexity index is 974. The second-order valence-electron chi connectivity index (χ2n) is 7.59. The van der Waals surface area contributed by atoms with Crippen molar-refractivity contribution < 1.29 is 13.9 Å². The van der Waals surface area contributed by atoms with E-state index in [1.807, 2.05) is 12.1 Å². The number of piperazine rings is 1. The molecule has 1 aliphatic rings. The van der Waals surface area contributed by atoms with Crippen molar-refractivity contribution in [2.75, 3.05) is 45.7 Å². The minimum Gasteiger partial charge on any atom is -0.497 e. The minimum absolute atomic E-state index is 0.0569. The number of thiophene rings is 1. The lowest BCUT2D eigenvalue weighted by atomic mass is 9.97. The normalized spacial score (nSPS) is 16.4. The van der Waals surface area contributed by atoms with Crippen LogP contribution in [0.2, 0.25) is 0 Å². The van der Waals surface area contributed by atoms with E-state index >= 15 is 0 Å². The first-order chi connectivity index (χ1) is 14.5. The molecule has 0 spiro atoms. The van der Waals surface area contributed by atoms with E-state index in [1.165, 1.54) is 11.8 Å². The lowest BCUT2D eigenvalue weighted by Gasteiger charge is -2.38. The van der Waals surface area contributed by atoms with Gasteiger partial charge in [-0.3, -0.25) is 9.69 Å². The molecule has 0 bridgehead atoms. The Hall–Kier alpha value is -2.61. The Morgan fingerprint density at radius 2 is 1.90 bits per heavy atom. The van der Waals surface area contributed by atoms with Gasteiger partial charge in [0.15, 0.2) is 5.76 Å². The molecular formula is C23H27N3O3S. The average Bonchev–Trinajstić information content (AvgIpc) is 3.41. The van der Waals surface area contributed by atoms with Crippen LogP contribution in [0.1, 0.15) is 32.6 Å². The minimum atomic E-state index is -0.227. The molecule has 0 radical (unpaired) electrons. The summed E-state index contributed by atoms with van der Waals surface area (Å²) in [5.41, 5.74) is 2.30. The van der Waals surface area contributed by atoms with Gasteiger partial charge < -0.3 is 19.4 Å². The van der Waals surface area contributed by atoms with Gasteiger partial charge in [-0.15, -0.1) is 11.3 Å². The van der Waals surface area contributed by atoms with Crippen LogP contribution in [0.3, 0.4) is 0 Å². The van der Waals surface area contributed by atoms with Gasteiger partial charge in [0.05, 0.1) is 19.4 Å². The number of rotatable bonds is 6. The number of nitrogens with one attached hydrogen (secondary N) is 1. The van der Waals surface area contributed by atoms with Crippen molar-refractivity contribution in [2.24, 2.45) is 0 Å². The lowest BCUT2D eigenvalue weighted by Crippen LogP contribution is -2.46. The van der Waals surface area contributed by atoms with Crippen LogP contribution >= 0.6 is 11.3 Å². The van der Waals surface area contributed by atoms with Crippen LogP contribution in [0.4, 0.5) is 5.00 Å². The first kappa shape index (κ1) is 20.7. The van der Waals surface area contributed by atoms with Crippen molar-refractivity contribution >= 4 is 22.2 Å². The van der Waals surface area contributed by atoms with Gasteiger partial charge in [0.2, 0.25) is 0 Å². The maximum absolute atomic E-state index is 12.7.